The molecule has 0 aliphatic heterocycles. The van der Waals surface area contributed by atoms with E-state index < -0.39 is 12.0 Å². The van der Waals surface area contributed by atoms with Gasteiger partial charge in [-0.1, -0.05) is 12.1 Å². The molecule has 0 bridgehead atoms. The Morgan fingerprint density at radius 2 is 2.03 bits per heavy atom. The summed E-state index contributed by atoms with van der Waals surface area (Å²) in [6.07, 6.45) is 5.40. The predicted molar refractivity (Wildman–Crippen MR) is 133 cm³/mol. The minimum Gasteiger partial charge on any atom is -0.385 e. The monoisotopic (exact) mass is 495 g/mol. The lowest BCUT2D eigenvalue weighted by molar-refractivity contribution is 0.0949. The number of thiophene rings is 1. The summed E-state index contributed by atoms with van der Waals surface area (Å²) in [6, 6.07) is 5.82. The standard InChI is InChI=1S/C25H26FN5O3S/c1-15-21(14-30(2)13-20(32)19-11-27-8-9-28-19)35-24-22(15)31(3)12-18(23(24)33)25(34)29-10-16-4-6-17(26)7-5-16/h4-9,11-12,20,32H,10,13-14H2,1-3H3,(H,29,34)/t20-/m1/s1. The van der Waals surface area contributed by atoms with Gasteiger partial charge in [-0.25, -0.2) is 4.39 Å². The summed E-state index contributed by atoms with van der Waals surface area (Å²) >= 11 is 1.36. The lowest BCUT2D eigenvalue weighted by Crippen LogP contribution is -2.29. The van der Waals surface area contributed by atoms with Crippen LogP contribution in [-0.4, -0.2) is 44.0 Å². The first kappa shape index (κ1) is 24.6. The Hall–Kier alpha value is -3.47. The molecule has 2 N–H and O–H groups in total. The number of aromatic nitrogens is 3. The highest BCUT2D eigenvalue weighted by atomic mass is 32.1. The summed E-state index contributed by atoms with van der Waals surface area (Å²) in [4.78, 5) is 37.1. The number of nitrogens with zero attached hydrogens (tertiary/aromatic N) is 4. The Bertz CT molecular complexity index is 1400. The predicted octanol–water partition coefficient (Wildman–Crippen LogP) is 2.93. The minimum atomic E-state index is -0.786. The molecule has 0 saturated carbocycles. The highest BCUT2D eigenvalue weighted by molar-refractivity contribution is 7.19. The number of fused-ring (bicyclic) bond motifs is 1. The van der Waals surface area contributed by atoms with Gasteiger partial charge >= 0.3 is 0 Å². The van der Waals surface area contributed by atoms with Crippen LogP contribution in [0, 0.1) is 12.7 Å². The molecule has 35 heavy (non-hydrogen) atoms. The van der Waals surface area contributed by atoms with Crippen LogP contribution in [0.15, 0.2) is 53.8 Å². The Morgan fingerprint density at radius 1 is 1.29 bits per heavy atom. The molecule has 1 amide bonds. The number of aliphatic hydroxyl groups is 1. The third-order valence-electron chi connectivity index (χ3n) is 5.77. The minimum absolute atomic E-state index is 0.0568. The Morgan fingerprint density at radius 3 is 2.71 bits per heavy atom. The normalized spacial score (nSPS) is 12.3. The fraction of sp³-hybridized carbons (Fsp3) is 0.280. The summed E-state index contributed by atoms with van der Waals surface area (Å²) in [6.45, 7) is 3.01. The fourth-order valence-electron chi connectivity index (χ4n) is 3.94. The van der Waals surface area contributed by atoms with Gasteiger partial charge in [0, 0.05) is 50.1 Å². The van der Waals surface area contributed by atoms with Crippen molar-refractivity contribution >= 4 is 27.5 Å². The van der Waals surface area contributed by atoms with Crippen LogP contribution in [0.4, 0.5) is 4.39 Å². The number of halogens is 1. The molecule has 0 aliphatic rings. The van der Waals surface area contributed by atoms with Crippen LogP contribution in [0.3, 0.4) is 0 Å². The topological polar surface area (TPSA) is 100 Å². The van der Waals surface area contributed by atoms with Crippen molar-refractivity contribution < 1.29 is 14.3 Å². The number of carbonyl (C=O) groups excluding carboxylic acids is 1. The maximum absolute atomic E-state index is 13.2. The van der Waals surface area contributed by atoms with Crippen LogP contribution in [0.25, 0.3) is 10.2 Å². The maximum atomic E-state index is 13.2. The molecule has 3 heterocycles. The van der Waals surface area contributed by atoms with Crippen molar-refractivity contribution in [3.05, 3.63) is 92.4 Å². The van der Waals surface area contributed by atoms with Crippen molar-refractivity contribution in [3.63, 3.8) is 0 Å². The first-order chi connectivity index (χ1) is 16.7. The summed E-state index contributed by atoms with van der Waals surface area (Å²) < 4.78 is 15.4. The van der Waals surface area contributed by atoms with E-state index in [4.69, 9.17) is 0 Å². The number of carbonyl (C=O) groups is 1. The number of aliphatic hydroxyl groups excluding tert-OH is 1. The lowest BCUT2D eigenvalue weighted by atomic mass is 10.1. The molecule has 0 fully saturated rings. The highest BCUT2D eigenvalue weighted by Crippen LogP contribution is 2.30. The average Bonchev–Trinajstić information content (AvgIpc) is 3.17. The molecular formula is C25H26FN5O3S. The van der Waals surface area contributed by atoms with Crippen molar-refractivity contribution in [1.82, 2.24) is 24.8 Å². The van der Waals surface area contributed by atoms with Gasteiger partial charge in [-0.15, -0.1) is 11.3 Å². The molecule has 4 rings (SSSR count). The number of rotatable bonds is 8. The van der Waals surface area contributed by atoms with E-state index in [1.165, 1.54) is 35.9 Å². The van der Waals surface area contributed by atoms with E-state index in [1.54, 1.807) is 29.1 Å². The van der Waals surface area contributed by atoms with E-state index in [0.29, 0.717) is 23.5 Å². The van der Waals surface area contributed by atoms with Crippen molar-refractivity contribution in [3.8, 4) is 0 Å². The fourth-order valence-corrected chi connectivity index (χ4v) is 5.32. The largest absolute Gasteiger partial charge is 0.385 e. The molecular weight excluding hydrogens is 469 g/mol. The summed E-state index contributed by atoms with van der Waals surface area (Å²) in [5.41, 5.74) is 2.71. The number of likely N-dealkylation sites (N-methyl/N-ethyl adjacent to an activating group) is 1. The van der Waals surface area contributed by atoms with Crippen LogP contribution in [0.1, 0.15) is 38.2 Å². The molecule has 3 aromatic heterocycles. The first-order valence-corrected chi connectivity index (χ1v) is 11.8. The molecule has 4 aromatic rings. The first-order valence-electron chi connectivity index (χ1n) is 11.0. The highest BCUT2D eigenvalue weighted by Gasteiger charge is 2.21. The molecule has 8 nitrogen and oxygen atoms in total. The van der Waals surface area contributed by atoms with Gasteiger partial charge in [-0.2, -0.15) is 0 Å². The number of benzene rings is 1. The Labute approximate surface area is 205 Å². The number of hydrogen-bond acceptors (Lipinski definition) is 7. The molecule has 0 spiro atoms. The molecule has 1 atom stereocenters. The number of hydrogen-bond donors (Lipinski definition) is 2. The van der Waals surface area contributed by atoms with E-state index in [2.05, 4.69) is 15.3 Å². The lowest BCUT2D eigenvalue weighted by Gasteiger charge is -2.19. The molecule has 182 valence electrons. The van der Waals surface area contributed by atoms with Gasteiger partial charge in [0.1, 0.15) is 17.5 Å². The van der Waals surface area contributed by atoms with Crippen molar-refractivity contribution in [2.24, 2.45) is 7.05 Å². The average molecular weight is 496 g/mol. The quantitative estimate of drug-likeness (QED) is 0.390. The molecule has 1 aromatic carbocycles. The zero-order valence-electron chi connectivity index (χ0n) is 19.7. The van der Waals surface area contributed by atoms with Gasteiger partial charge in [0.25, 0.3) is 5.91 Å². The maximum Gasteiger partial charge on any atom is 0.257 e. The van der Waals surface area contributed by atoms with Gasteiger partial charge in [0.05, 0.1) is 22.1 Å². The molecule has 0 radical (unpaired) electrons. The van der Waals surface area contributed by atoms with E-state index in [-0.39, 0.29) is 23.4 Å². The van der Waals surface area contributed by atoms with Crippen LogP contribution >= 0.6 is 11.3 Å². The van der Waals surface area contributed by atoms with Crippen molar-refractivity contribution in [1.29, 1.82) is 0 Å². The third kappa shape index (κ3) is 5.45. The van der Waals surface area contributed by atoms with Gasteiger partial charge in [-0.05, 0) is 37.2 Å². The SMILES string of the molecule is Cc1c(CN(C)C[C@@H](O)c2cnccn2)sc2c(=O)c(C(=O)NCc3ccc(F)cc3)cn(C)c12. The zero-order valence-corrected chi connectivity index (χ0v) is 20.5. The van der Waals surface area contributed by atoms with Crippen LogP contribution in [0.5, 0.6) is 0 Å². The van der Waals surface area contributed by atoms with E-state index >= 15 is 0 Å². The third-order valence-corrected chi connectivity index (χ3v) is 7.04. The van der Waals surface area contributed by atoms with Gasteiger partial charge in [-0.3, -0.25) is 24.5 Å². The second kappa shape index (κ2) is 10.4. The number of amides is 1. The summed E-state index contributed by atoms with van der Waals surface area (Å²) in [7, 11) is 3.69. The van der Waals surface area contributed by atoms with Gasteiger partial charge in [0.15, 0.2) is 0 Å². The molecule has 0 saturated heterocycles. The smallest absolute Gasteiger partial charge is 0.257 e. The number of pyridine rings is 1. The van der Waals surface area contributed by atoms with Gasteiger partial charge in [0.2, 0.25) is 5.43 Å². The van der Waals surface area contributed by atoms with E-state index in [0.717, 1.165) is 21.5 Å². The zero-order chi connectivity index (χ0) is 25.1. The van der Waals surface area contributed by atoms with Crippen molar-refractivity contribution in [2.75, 3.05) is 13.6 Å². The summed E-state index contributed by atoms with van der Waals surface area (Å²) in [5, 5.41) is 13.2. The Balaban J connectivity index is 1.53. The summed E-state index contributed by atoms with van der Waals surface area (Å²) in [5.74, 6) is -0.828. The van der Waals surface area contributed by atoms with E-state index in [1.807, 2.05) is 25.9 Å². The number of nitrogens with one attached hydrogen (secondary N) is 1. The van der Waals surface area contributed by atoms with Crippen LogP contribution in [0.2, 0.25) is 0 Å². The molecule has 10 heteroatoms. The second-order valence-corrected chi connectivity index (χ2v) is 9.57. The van der Waals surface area contributed by atoms with Crippen molar-refractivity contribution in [2.45, 2.75) is 26.1 Å². The van der Waals surface area contributed by atoms with Crippen LogP contribution in [-0.2, 0) is 20.1 Å². The van der Waals surface area contributed by atoms with Crippen LogP contribution < -0.4 is 10.7 Å². The number of aryl methyl sites for hydroxylation is 2. The molecule has 0 aliphatic carbocycles. The van der Waals surface area contributed by atoms with E-state index in [9.17, 15) is 19.1 Å². The Kier molecular flexibility index (Phi) is 7.34. The second-order valence-electron chi connectivity index (χ2n) is 8.46. The molecule has 0 unspecified atom stereocenters. The van der Waals surface area contributed by atoms with Gasteiger partial charge < -0.3 is 15.0 Å².